The smallest absolute Gasteiger partial charge is 0.260 e. The lowest BCUT2D eigenvalue weighted by molar-refractivity contribution is -0.119. The van der Waals surface area contributed by atoms with E-state index in [0.717, 1.165) is 27.3 Å². The molecule has 0 radical (unpaired) electrons. The highest BCUT2D eigenvalue weighted by Crippen LogP contribution is 2.30. The molecule has 0 unspecified atom stereocenters. The minimum atomic E-state index is -3.75. The van der Waals surface area contributed by atoms with Gasteiger partial charge in [0.1, 0.15) is 24.7 Å². The van der Waals surface area contributed by atoms with Crippen LogP contribution in [0.3, 0.4) is 0 Å². The molecule has 8 nitrogen and oxygen atoms in total. The van der Waals surface area contributed by atoms with Gasteiger partial charge in [-0.3, -0.25) is 9.10 Å². The number of methoxy groups -OCH3 is 1. The van der Waals surface area contributed by atoms with Gasteiger partial charge in [-0.1, -0.05) is 42.5 Å². The number of amides is 1. The van der Waals surface area contributed by atoms with Crippen LogP contribution in [-0.4, -0.2) is 40.4 Å². The highest BCUT2D eigenvalue weighted by atomic mass is 32.2. The standard InChI is InChI=1S/C29H29N3O5S/c1-21-8-15-28(36-2)27(16-21)32(38(3,34)35)19-29(33)31-30-18-22-10-13-26(14-11-22)37-20-23-9-12-24-6-4-5-7-25(24)17-23/h4-18H,19-20H2,1-3H3,(H,31,33)/b30-18-. The van der Waals surface area contributed by atoms with Crippen molar-refractivity contribution in [1.82, 2.24) is 5.43 Å². The Balaban J connectivity index is 1.34. The van der Waals surface area contributed by atoms with Gasteiger partial charge in [0.2, 0.25) is 10.0 Å². The van der Waals surface area contributed by atoms with Crippen molar-refractivity contribution < 1.29 is 22.7 Å². The van der Waals surface area contributed by atoms with Crippen molar-refractivity contribution in [1.29, 1.82) is 0 Å². The van der Waals surface area contributed by atoms with Crippen LogP contribution in [-0.2, 0) is 21.4 Å². The number of benzene rings is 4. The van der Waals surface area contributed by atoms with Crippen LogP contribution in [0.5, 0.6) is 11.5 Å². The number of aryl methyl sites for hydroxylation is 1. The Bertz CT molecular complexity index is 1570. The summed E-state index contributed by atoms with van der Waals surface area (Å²) >= 11 is 0. The molecule has 1 N–H and O–H groups in total. The minimum absolute atomic E-state index is 0.286. The summed E-state index contributed by atoms with van der Waals surface area (Å²) in [7, 11) is -2.31. The zero-order valence-electron chi connectivity index (χ0n) is 21.4. The monoisotopic (exact) mass is 531 g/mol. The van der Waals surface area contributed by atoms with Crippen molar-refractivity contribution >= 4 is 38.6 Å². The SMILES string of the molecule is COc1ccc(C)cc1N(CC(=O)N/N=C\c1ccc(OCc2ccc3ccccc3c2)cc1)S(C)(=O)=O. The second kappa shape index (κ2) is 11.8. The molecule has 0 saturated carbocycles. The van der Waals surface area contributed by atoms with E-state index in [1.165, 1.54) is 24.1 Å². The summed E-state index contributed by atoms with van der Waals surface area (Å²) in [5.74, 6) is 0.459. The number of sulfonamides is 1. The zero-order valence-corrected chi connectivity index (χ0v) is 22.2. The second-order valence-corrected chi connectivity index (χ2v) is 10.7. The lowest BCUT2D eigenvalue weighted by Gasteiger charge is -2.23. The van der Waals surface area contributed by atoms with E-state index in [0.29, 0.717) is 18.1 Å². The lowest BCUT2D eigenvalue weighted by atomic mass is 10.1. The fourth-order valence-corrected chi connectivity index (χ4v) is 4.72. The Morgan fingerprint density at radius 3 is 2.42 bits per heavy atom. The van der Waals surface area contributed by atoms with Gasteiger partial charge in [-0.25, -0.2) is 13.8 Å². The number of nitrogens with zero attached hydrogens (tertiary/aromatic N) is 2. The van der Waals surface area contributed by atoms with Crippen LogP contribution in [0.1, 0.15) is 16.7 Å². The summed E-state index contributed by atoms with van der Waals surface area (Å²) < 4.78 is 37.0. The first-order chi connectivity index (χ1) is 18.2. The summed E-state index contributed by atoms with van der Waals surface area (Å²) in [5.41, 5.74) is 5.31. The van der Waals surface area contributed by atoms with E-state index >= 15 is 0 Å². The molecular weight excluding hydrogens is 502 g/mol. The normalized spacial score (nSPS) is 11.4. The summed E-state index contributed by atoms with van der Waals surface area (Å²) in [6, 6.07) is 26.8. The molecule has 0 bridgehead atoms. The van der Waals surface area contributed by atoms with Crippen molar-refractivity contribution in [2.45, 2.75) is 13.5 Å². The molecule has 38 heavy (non-hydrogen) atoms. The lowest BCUT2D eigenvalue weighted by Crippen LogP contribution is -2.39. The molecular formula is C29H29N3O5S. The van der Waals surface area contributed by atoms with E-state index in [1.54, 1.807) is 18.2 Å². The number of carbonyl (C=O) groups excluding carboxylic acids is 1. The average molecular weight is 532 g/mol. The van der Waals surface area contributed by atoms with Gasteiger partial charge in [-0.05, 0) is 76.9 Å². The van der Waals surface area contributed by atoms with Gasteiger partial charge < -0.3 is 9.47 Å². The molecule has 0 fully saturated rings. The first-order valence-electron chi connectivity index (χ1n) is 11.9. The van der Waals surface area contributed by atoms with Crippen LogP contribution >= 0.6 is 0 Å². The molecule has 9 heteroatoms. The van der Waals surface area contributed by atoms with Crippen molar-refractivity contribution in [3.05, 3.63) is 102 Å². The van der Waals surface area contributed by atoms with Crippen molar-refractivity contribution in [3.8, 4) is 11.5 Å². The fraction of sp³-hybridized carbons (Fsp3) is 0.172. The molecule has 0 saturated heterocycles. The fourth-order valence-electron chi connectivity index (χ4n) is 3.87. The maximum atomic E-state index is 12.5. The molecule has 4 aromatic carbocycles. The number of nitrogens with one attached hydrogen (secondary N) is 1. The number of hydrazone groups is 1. The number of ether oxygens (including phenoxy) is 2. The number of rotatable bonds is 10. The van der Waals surface area contributed by atoms with Gasteiger partial charge in [0, 0.05) is 0 Å². The van der Waals surface area contributed by atoms with Gasteiger partial charge in [-0.15, -0.1) is 0 Å². The molecule has 1 amide bonds. The van der Waals surface area contributed by atoms with E-state index in [9.17, 15) is 13.2 Å². The summed E-state index contributed by atoms with van der Waals surface area (Å²) in [6.45, 7) is 1.82. The van der Waals surface area contributed by atoms with Crippen LogP contribution in [0, 0.1) is 6.92 Å². The van der Waals surface area contributed by atoms with Crippen molar-refractivity contribution in [2.75, 3.05) is 24.2 Å². The molecule has 0 aliphatic rings. The molecule has 0 spiro atoms. The molecule has 0 aliphatic carbocycles. The van der Waals surface area contributed by atoms with Crippen LogP contribution < -0.4 is 19.2 Å². The van der Waals surface area contributed by atoms with Crippen LogP contribution in [0.2, 0.25) is 0 Å². The van der Waals surface area contributed by atoms with Crippen LogP contribution in [0.15, 0.2) is 90.0 Å². The summed E-state index contributed by atoms with van der Waals surface area (Å²) in [4.78, 5) is 12.5. The Labute approximate surface area is 222 Å². The van der Waals surface area contributed by atoms with Gasteiger partial charge in [0.25, 0.3) is 5.91 Å². The Morgan fingerprint density at radius 1 is 0.974 bits per heavy atom. The van der Waals surface area contributed by atoms with E-state index in [2.05, 4.69) is 34.8 Å². The topological polar surface area (TPSA) is 97.3 Å². The first-order valence-corrected chi connectivity index (χ1v) is 13.7. The van der Waals surface area contributed by atoms with Crippen molar-refractivity contribution in [3.63, 3.8) is 0 Å². The number of anilines is 1. The molecule has 0 aromatic heterocycles. The van der Waals surface area contributed by atoms with Gasteiger partial charge in [0.15, 0.2) is 0 Å². The third-order valence-electron chi connectivity index (χ3n) is 5.79. The van der Waals surface area contributed by atoms with Gasteiger partial charge in [-0.2, -0.15) is 5.10 Å². The van der Waals surface area contributed by atoms with Crippen LogP contribution in [0.25, 0.3) is 10.8 Å². The molecule has 0 aliphatic heterocycles. The average Bonchev–Trinajstić information content (AvgIpc) is 2.90. The Morgan fingerprint density at radius 2 is 1.71 bits per heavy atom. The first kappa shape index (κ1) is 26.7. The largest absolute Gasteiger partial charge is 0.495 e. The predicted octanol–water partition coefficient (Wildman–Crippen LogP) is 4.65. The third-order valence-corrected chi connectivity index (χ3v) is 6.92. The third kappa shape index (κ3) is 6.89. The second-order valence-electron chi connectivity index (χ2n) is 8.78. The summed E-state index contributed by atoms with van der Waals surface area (Å²) in [6.07, 6.45) is 2.51. The van der Waals surface area contributed by atoms with E-state index in [-0.39, 0.29) is 5.69 Å². The molecule has 196 valence electrons. The highest BCUT2D eigenvalue weighted by molar-refractivity contribution is 7.92. The quantitative estimate of drug-likeness (QED) is 0.237. The minimum Gasteiger partial charge on any atom is -0.495 e. The molecule has 0 atom stereocenters. The number of hydrogen-bond acceptors (Lipinski definition) is 6. The Hall–Kier alpha value is -4.37. The summed E-state index contributed by atoms with van der Waals surface area (Å²) in [5, 5.41) is 6.32. The van der Waals surface area contributed by atoms with E-state index < -0.39 is 22.5 Å². The Kier molecular flexibility index (Phi) is 8.28. The van der Waals surface area contributed by atoms with E-state index in [1.807, 2.05) is 49.4 Å². The number of fused-ring (bicyclic) bond motifs is 1. The highest BCUT2D eigenvalue weighted by Gasteiger charge is 2.24. The zero-order chi connectivity index (χ0) is 27.1. The van der Waals surface area contributed by atoms with Gasteiger partial charge in [0.05, 0.1) is 25.3 Å². The maximum absolute atomic E-state index is 12.5. The number of carbonyl (C=O) groups is 1. The molecule has 4 aromatic rings. The van der Waals surface area contributed by atoms with Gasteiger partial charge >= 0.3 is 0 Å². The predicted molar refractivity (Wildman–Crippen MR) is 150 cm³/mol. The molecule has 0 heterocycles. The van der Waals surface area contributed by atoms with E-state index in [4.69, 9.17) is 9.47 Å². The maximum Gasteiger partial charge on any atom is 0.260 e. The van der Waals surface area contributed by atoms with Crippen molar-refractivity contribution in [2.24, 2.45) is 5.10 Å². The molecule has 4 rings (SSSR count). The number of hydrogen-bond donors (Lipinski definition) is 1. The van der Waals surface area contributed by atoms with Crippen LogP contribution in [0.4, 0.5) is 5.69 Å².